The van der Waals surface area contributed by atoms with Crippen LogP contribution in [0.1, 0.15) is 52.9 Å². The Morgan fingerprint density at radius 1 is 1.06 bits per heavy atom. The van der Waals surface area contributed by atoms with Crippen LogP contribution in [-0.2, 0) is 4.74 Å². The topological polar surface area (TPSA) is 49.7 Å². The van der Waals surface area contributed by atoms with Crippen molar-refractivity contribution in [1.29, 1.82) is 0 Å². The minimum atomic E-state index is -0.709. The van der Waals surface area contributed by atoms with Gasteiger partial charge in [-0.05, 0) is 56.3 Å². The molecule has 18 heavy (non-hydrogen) atoms. The molecule has 0 amide bonds. The highest BCUT2D eigenvalue weighted by Gasteiger charge is 2.59. The molecule has 1 saturated carbocycles. The Balaban J connectivity index is 1.93. The van der Waals surface area contributed by atoms with Gasteiger partial charge in [-0.2, -0.15) is 0 Å². The number of ether oxygens (including phenoxy) is 1. The van der Waals surface area contributed by atoms with Gasteiger partial charge in [0.15, 0.2) is 0 Å². The third-order valence-corrected chi connectivity index (χ3v) is 6.08. The molecule has 3 fully saturated rings. The van der Waals surface area contributed by atoms with Crippen molar-refractivity contribution in [3.63, 3.8) is 0 Å². The Morgan fingerprint density at radius 2 is 1.78 bits per heavy atom. The van der Waals surface area contributed by atoms with E-state index in [4.69, 9.17) is 4.74 Å². The number of aliphatic hydroxyl groups is 2. The zero-order valence-electron chi connectivity index (χ0n) is 11.8. The molecule has 2 aliphatic heterocycles. The van der Waals surface area contributed by atoms with Crippen molar-refractivity contribution in [2.24, 2.45) is 17.3 Å². The van der Waals surface area contributed by atoms with E-state index in [0.717, 1.165) is 19.3 Å². The molecule has 1 aliphatic carbocycles. The van der Waals surface area contributed by atoms with Crippen molar-refractivity contribution < 1.29 is 14.9 Å². The second-order valence-corrected chi connectivity index (χ2v) is 7.70. The molecule has 1 unspecified atom stereocenters. The molecule has 0 radical (unpaired) electrons. The van der Waals surface area contributed by atoms with Crippen molar-refractivity contribution in [2.45, 2.75) is 70.2 Å². The third-order valence-electron chi connectivity index (χ3n) is 6.08. The summed E-state index contributed by atoms with van der Waals surface area (Å²) in [5.74, 6) is 0.943. The van der Waals surface area contributed by atoms with Crippen LogP contribution in [0.2, 0.25) is 0 Å². The van der Waals surface area contributed by atoms with Gasteiger partial charge in [-0.25, -0.2) is 0 Å². The molecule has 2 heterocycles. The number of hydrogen-bond acceptors (Lipinski definition) is 3. The first-order chi connectivity index (χ1) is 8.27. The SMILES string of the molecule is CC1(C)CC2[C@H]1CC[C@@]1(C)OC[C@]2(O)CC[C@@H]1O. The fourth-order valence-corrected chi connectivity index (χ4v) is 4.52. The van der Waals surface area contributed by atoms with Crippen LogP contribution in [0, 0.1) is 17.3 Å². The van der Waals surface area contributed by atoms with Gasteiger partial charge >= 0.3 is 0 Å². The molecule has 2 saturated heterocycles. The molecule has 3 aliphatic rings. The summed E-state index contributed by atoms with van der Waals surface area (Å²) >= 11 is 0. The molecule has 2 bridgehead atoms. The first-order valence-corrected chi connectivity index (χ1v) is 7.31. The summed E-state index contributed by atoms with van der Waals surface area (Å²) in [4.78, 5) is 0. The van der Waals surface area contributed by atoms with Gasteiger partial charge in [-0.3, -0.25) is 0 Å². The van der Waals surface area contributed by atoms with Crippen LogP contribution in [0.5, 0.6) is 0 Å². The van der Waals surface area contributed by atoms with Crippen molar-refractivity contribution in [2.75, 3.05) is 6.61 Å². The van der Waals surface area contributed by atoms with Crippen LogP contribution in [0.15, 0.2) is 0 Å². The normalized spacial score (nSPS) is 54.8. The molecule has 3 rings (SSSR count). The highest BCUT2D eigenvalue weighted by Crippen LogP contribution is 2.60. The fourth-order valence-electron chi connectivity index (χ4n) is 4.52. The highest BCUT2D eigenvalue weighted by molar-refractivity contribution is 5.09. The molecule has 0 spiro atoms. The van der Waals surface area contributed by atoms with E-state index >= 15 is 0 Å². The molecule has 2 N–H and O–H groups in total. The van der Waals surface area contributed by atoms with E-state index in [1.807, 2.05) is 6.92 Å². The van der Waals surface area contributed by atoms with E-state index in [2.05, 4.69) is 13.8 Å². The Morgan fingerprint density at radius 3 is 2.44 bits per heavy atom. The van der Waals surface area contributed by atoms with E-state index in [9.17, 15) is 10.2 Å². The Hall–Kier alpha value is -0.120. The van der Waals surface area contributed by atoms with Crippen LogP contribution in [0.3, 0.4) is 0 Å². The van der Waals surface area contributed by atoms with Gasteiger partial charge in [0.1, 0.15) is 0 Å². The lowest BCUT2D eigenvalue weighted by molar-refractivity contribution is -0.215. The summed E-state index contributed by atoms with van der Waals surface area (Å²) in [6.45, 7) is 7.03. The summed E-state index contributed by atoms with van der Waals surface area (Å²) < 4.78 is 5.93. The van der Waals surface area contributed by atoms with Gasteiger partial charge in [0.05, 0.1) is 23.9 Å². The van der Waals surface area contributed by atoms with Gasteiger partial charge in [0.25, 0.3) is 0 Å². The molecule has 3 nitrogen and oxygen atoms in total. The van der Waals surface area contributed by atoms with Crippen molar-refractivity contribution in [3.8, 4) is 0 Å². The largest absolute Gasteiger partial charge is 0.390 e. The minimum absolute atomic E-state index is 0.339. The fraction of sp³-hybridized carbons (Fsp3) is 1.00. The average Bonchev–Trinajstić information content (AvgIpc) is 2.37. The van der Waals surface area contributed by atoms with E-state index in [0.29, 0.717) is 36.7 Å². The van der Waals surface area contributed by atoms with E-state index < -0.39 is 17.3 Å². The second kappa shape index (κ2) is 3.71. The Bertz CT molecular complexity index is 354. The lowest BCUT2D eigenvalue weighted by atomic mass is 9.49. The first kappa shape index (κ1) is 12.9. The van der Waals surface area contributed by atoms with Gasteiger partial charge in [0.2, 0.25) is 0 Å². The summed E-state index contributed by atoms with van der Waals surface area (Å²) in [7, 11) is 0. The molecule has 0 aromatic carbocycles. The van der Waals surface area contributed by atoms with Gasteiger partial charge < -0.3 is 14.9 Å². The van der Waals surface area contributed by atoms with Crippen LogP contribution >= 0.6 is 0 Å². The summed E-state index contributed by atoms with van der Waals surface area (Å²) in [6.07, 6.45) is 3.97. The molecular weight excluding hydrogens is 228 g/mol. The van der Waals surface area contributed by atoms with E-state index in [1.165, 1.54) is 0 Å². The predicted molar refractivity (Wildman–Crippen MR) is 69.2 cm³/mol. The van der Waals surface area contributed by atoms with Crippen LogP contribution < -0.4 is 0 Å². The minimum Gasteiger partial charge on any atom is -0.390 e. The van der Waals surface area contributed by atoms with E-state index in [-0.39, 0.29) is 0 Å². The number of fused-ring (bicyclic) bond motifs is 5. The summed E-state index contributed by atoms with van der Waals surface area (Å²) in [6, 6.07) is 0. The smallest absolute Gasteiger partial charge is 0.0913 e. The maximum Gasteiger partial charge on any atom is 0.0913 e. The molecule has 0 aromatic heterocycles. The predicted octanol–water partition coefficient (Wildman–Crippen LogP) is 2.10. The lowest BCUT2D eigenvalue weighted by Crippen LogP contribution is -2.59. The standard InChI is InChI=1S/C15H26O3/c1-13(2)8-11-10(13)4-6-14(3)12(16)5-7-15(11,17)9-18-14/h10-12,16-17H,4-9H2,1-3H3/t10-,11?,12+,14-,15-/m1/s1. The van der Waals surface area contributed by atoms with Gasteiger partial charge in [-0.15, -0.1) is 0 Å². The third kappa shape index (κ3) is 1.67. The molecular formula is C15H26O3. The zero-order valence-corrected chi connectivity index (χ0v) is 11.8. The van der Waals surface area contributed by atoms with Gasteiger partial charge in [0, 0.05) is 0 Å². The maximum atomic E-state index is 10.9. The summed E-state index contributed by atoms with van der Waals surface area (Å²) in [5, 5.41) is 21.2. The van der Waals surface area contributed by atoms with Crippen molar-refractivity contribution in [3.05, 3.63) is 0 Å². The molecule has 3 heteroatoms. The average molecular weight is 254 g/mol. The quantitative estimate of drug-likeness (QED) is 0.696. The zero-order chi connectivity index (χ0) is 13.2. The molecule has 5 atom stereocenters. The molecule has 0 aromatic rings. The number of rotatable bonds is 0. The Labute approximate surface area is 110 Å². The summed E-state index contributed by atoms with van der Waals surface area (Å²) in [5.41, 5.74) is -0.827. The van der Waals surface area contributed by atoms with Crippen LogP contribution in [0.4, 0.5) is 0 Å². The van der Waals surface area contributed by atoms with Gasteiger partial charge in [-0.1, -0.05) is 13.8 Å². The Kier molecular flexibility index (Phi) is 2.66. The first-order valence-electron chi connectivity index (χ1n) is 7.31. The highest BCUT2D eigenvalue weighted by atomic mass is 16.5. The van der Waals surface area contributed by atoms with Crippen molar-refractivity contribution >= 4 is 0 Å². The van der Waals surface area contributed by atoms with E-state index in [1.54, 1.807) is 0 Å². The lowest BCUT2D eigenvalue weighted by Gasteiger charge is -2.59. The van der Waals surface area contributed by atoms with Crippen LogP contribution in [-0.4, -0.2) is 34.1 Å². The second-order valence-electron chi connectivity index (χ2n) is 7.70. The number of hydrogen-bond donors (Lipinski definition) is 2. The van der Waals surface area contributed by atoms with Crippen LogP contribution in [0.25, 0.3) is 0 Å². The monoisotopic (exact) mass is 254 g/mol. The molecule has 104 valence electrons. The van der Waals surface area contributed by atoms with Crippen molar-refractivity contribution in [1.82, 2.24) is 0 Å². The number of aliphatic hydroxyl groups excluding tert-OH is 1. The maximum absolute atomic E-state index is 10.9.